The maximum atomic E-state index is 14.1. The highest BCUT2D eigenvalue weighted by molar-refractivity contribution is 7.98. The smallest absolute Gasteiger partial charge is 0.405 e. The molecular weight excluding hydrogens is 545 g/mol. The van der Waals surface area contributed by atoms with Gasteiger partial charge in [-0.3, -0.25) is 0 Å². The molecule has 0 aliphatic heterocycles. The summed E-state index contributed by atoms with van der Waals surface area (Å²) in [6, 6.07) is 36.5. The Morgan fingerprint density at radius 2 is 1.15 bits per heavy atom. The van der Waals surface area contributed by atoms with E-state index in [0.29, 0.717) is 10.7 Å². The summed E-state index contributed by atoms with van der Waals surface area (Å²) in [5.41, 5.74) is 0.0724. The van der Waals surface area contributed by atoms with Crippen LogP contribution in [0.25, 0.3) is 5.41 Å². The maximum absolute atomic E-state index is 14.1. The Morgan fingerprint density at radius 1 is 0.725 bits per heavy atom. The molecule has 0 spiro atoms. The lowest BCUT2D eigenvalue weighted by molar-refractivity contribution is -0.442. The molecule has 0 aliphatic carbocycles. The molecule has 0 atom stereocenters. The largest absolute Gasteiger partial charge is 0.465 e. The molecule has 0 aliphatic rings. The first kappa shape index (κ1) is 28.5. The second kappa shape index (κ2) is 13.0. The van der Waals surface area contributed by atoms with Gasteiger partial charge in [-0.05, 0) is 34.9 Å². The first-order valence-corrected chi connectivity index (χ1v) is 14.3. The summed E-state index contributed by atoms with van der Waals surface area (Å²) >= 11 is 6.12. The molecule has 0 bridgehead atoms. The minimum Gasteiger partial charge on any atom is -0.465 e. The predicted molar refractivity (Wildman–Crippen MR) is 161 cm³/mol. The predicted octanol–water partition coefficient (Wildman–Crippen LogP) is 4.60. The number of hydrogen-bond acceptors (Lipinski definition) is 5. The summed E-state index contributed by atoms with van der Waals surface area (Å²) in [6.07, 6.45) is 0. The molecule has 7 nitrogen and oxygen atoms in total. The van der Waals surface area contributed by atoms with Crippen LogP contribution in [0, 0.1) is 0 Å². The fourth-order valence-corrected chi connectivity index (χ4v) is 9.04. The number of benzene rings is 4. The zero-order valence-electron chi connectivity index (χ0n) is 21.8. The summed E-state index contributed by atoms with van der Waals surface area (Å²) in [5.74, 6) is -1.64. The first-order valence-electron chi connectivity index (χ1n) is 12.1. The van der Waals surface area contributed by atoms with Crippen molar-refractivity contribution in [3.63, 3.8) is 0 Å². The van der Waals surface area contributed by atoms with E-state index in [1.165, 1.54) is 14.2 Å². The van der Waals surface area contributed by atoms with Crippen LogP contribution >= 0.6 is 18.5 Å². The van der Waals surface area contributed by atoms with Gasteiger partial charge in [0.25, 0.3) is 0 Å². The molecule has 4 rings (SSSR count). The van der Waals surface area contributed by atoms with Gasteiger partial charge in [0.1, 0.15) is 5.29 Å². The average molecular weight is 570 g/mol. The van der Waals surface area contributed by atoms with E-state index in [2.05, 4.69) is 5.10 Å². The number of halogens is 1. The third kappa shape index (κ3) is 5.45. The summed E-state index contributed by atoms with van der Waals surface area (Å²) in [6.45, 7) is -3.20. The van der Waals surface area contributed by atoms with Crippen molar-refractivity contribution >= 4 is 69.0 Å². The Morgan fingerprint density at radius 3 is 1.52 bits per heavy atom. The molecule has 0 aromatic heterocycles. The third-order valence-electron chi connectivity index (χ3n) is 6.18. The van der Waals surface area contributed by atoms with Crippen molar-refractivity contribution in [1.82, 2.24) is 0 Å². The van der Waals surface area contributed by atoms with Crippen molar-refractivity contribution < 1.29 is 23.7 Å². The SMILES string of the molecule is COC(=O)C(/C(C(=O)OC)=[N+](\N=C=[N-])c1ccc(Cl)cc1)=P(c1ccccc1)(c1ccccc1)c1ccccc1. The van der Waals surface area contributed by atoms with Gasteiger partial charge in [0, 0.05) is 17.2 Å². The quantitative estimate of drug-likeness (QED) is 0.102. The van der Waals surface area contributed by atoms with Gasteiger partial charge in [0.05, 0.1) is 14.2 Å². The number of methoxy groups -OCH3 is 2. The molecule has 0 N–H and O–H groups in total. The molecule has 4 aromatic rings. The number of hydrazone groups is 1. The standard InChI is InChI=1S/C31H25ClN3O4P/c1-38-30(36)28(35(34-22-33)24-20-18-23(32)19-21-24)29(31(37)39-2)40(25-12-6-3-7-13-25,26-14-8-4-9-15-26)27-16-10-5-11-17-27/h3-21H,1-2H3/b35-28+. The van der Waals surface area contributed by atoms with Crippen molar-refractivity contribution in [1.29, 1.82) is 0 Å². The normalized spacial score (nSPS) is 11.5. The van der Waals surface area contributed by atoms with E-state index in [1.807, 2.05) is 91.0 Å². The Balaban J connectivity index is 2.43. The fourth-order valence-electron chi connectivity index (χ4n) is 4.52. The lowest BCUT2D eigenvalue weighted by Crippen LogP contribution is -2.43. The number of rotatable bonds is 8. The monoisotopic (exact) mass is 569 g/mol. The second-order valence-electron chi connectivity index (χ2n) is 8.35. The molecule has 0 saturated heterocycles. The Hall–Kier alpha value is -4.54. The molecule has 40 heavy (non-hydrogen) atoms. The van der Waals surface area contributed by atoms with Crippen molar-refractivity contribution in [3.8, 4) is 0 Å². The Bertz CT molecular complexity index is 1550. The number of hydrogen-bond donors (Lipinski definition) is 0. The van der Waals surface area contributed by atoms with E-state index in [0.717, 1.165) is 20.6 Å². The van der Waals surface area contributed by atoms with Crippen LogP contribution in [0.2, 0.25) is 5.02 Å². The highest BCUT2D eigenvalue weighted by atomic mass is 35.5. The summed E-state index contributed by atoms with van der Waals surface area (Å²) in [7, 11) is 2.46. The number of ether oxygens (including phenoxy) is 2. The van der Waals surface area contributed by atoms with Gasteiger partial charge >= 0.3 is 17.7 Å². The van der Waals surface area contributed by atoms with E-state index in [1.54, 1.807) is 30.3 Å². The van der Waals surface area contributed by atoms with Crippen LogP contribution in [0.5, 0.6) is 0 Å². The Kier molecular flexibility index (Phi) is 9.26. The van der Waals surface area contributed by atoms with Gasteiger partial charge in [0.2, 0.25) is 5.69 Å². The molecule has 0 amide bonds. The summed E-state index contributed by atoms with van der Waals surface area (Å²) in [4.78, 5) is 27.9. The van der Waals surface area contributed by atoms with Crippen molar-refractivity contribution in [2.24, 2.45) is 5.10 Å². The molecule has 4 aromatic carbocycles. The van der Waals surface area contributed by atoms with E-state index in [9.17, 15) is 15.0 Å². The van der Waals surface area contributed by atoms with Crippen molar-refractivity contribution in [3.05, 3.63) is 126 Å². The Labute approximate surface area is 237 Å². The van der Waals surface area contributed by atoms with Gasteiger partial charge < -0.3 is 14.9 Å². The lowest BCUT2D eigenvalue weighted by Gasteiger charge is -2.31. The second-order valence-corrected chi connectivity index (χ2v) is 12.1. The van der Waals surface area contributed by atoms with Crippen LogP contribution in [-0.4, -0.2) is 47.9 Å². The highest BCUT2D eigenvalue weighted by Gasteiger charge is 2.44. The maximum Gasteiger partial charge on any atom is 0.405 e. The number of carbonyl (C=O) groups is 2. The molecule has 0 unspecified atom stereocenters. The van der Waals surface area contributed by atoms with Gasteiger partial charge in [-0.1, -0.05) is 109 Å². The van der Waals surface area contributed by atoms with Gasteiger partial charge in [-0.2, -0.15) is 5.10 Å². The van der Waals surface area contributed by atoms with E-state index in [4.69, 9.17) is 21.1 Å². The number of carbonyl (C=O) groups excluding carboxylic acids is 2. The molecule has 0 saturated carbocycles. The average Bonchev–Trinajstić information content (AvgIpc) is 3.01. The van der Waals surface area contributed by atoms with E-state index in [-0.39, 0.29) is 11.0 Å². The van der Waals surface area contributed by atoms with Crippen LogP contribution in [0.1, 0.15) is 0 Å². The zero-order chi connectivity index (χ0) is 28.5. The van der Waals surface area contributed by atoms with Crippen molar-refractivity contribution in [2.45, 2.75) is 0 Å². The molecule has 0 fully saturated rings. The van der Waals surface area contributed by atoms with Gasteiger partial charge in [-0.25, -0.2) is 9.59 Å². The van der Waals surface area contributed by atoms with Crippen LogP contribution in [0.15, 0.2) is 120 Å². The molecule has 0 radical (unpaired) electrons. The molecule has 9 heteroatoms. The topological polar surface area (TPSA) is 90.3 Å². The van der Waals surface area contributed by atoms with Crippen LogP contribution in [-0.2, 0) is 19.1 Å². The zero-order valence-corrected chi connectivity index (χ0v) is 23.4. The van der Waals surface area contributed by atoms with E-state index < -0.39 is 18.8 Å². The summed E-state index contributed by atoms with van der Waals surface area (Å²) < 4.78 is 11.7. The minimum atomic E-state index is -3.20. The lowest BCUT2D eigenvalue weighted by atomic mass is 10.2. The minimum absolute atomic E-state index is 0.0133. The van der Waals surface area contributed by atoms with Crippen LogP contribution < -0.4 is 15.9 Å². The van der Waals surface area contributed by atoms with E-state index >= 15 is 0 Å². The van der Waals surface area contributed by atoms with Crippen LogP contribution in [0.3, 0.4) is 0 Å². The van der Waals surface area contributed by atoms with Gasteiger partial charge in [-0.15, -0.1) is 4.68 Å². The van der Waals surface area contributed by atoms with Gasteiger partial charge in [0.15, 0.2) is 0 Å². The first-order chi connectivity index (χ1) is 19.5. The fraction of sp³-hybridized carbons (Fsp3) is 0.0645. The number of nitrogens with zero attached hydrogens (tertiary/aromatic N) is 3. The molecule has 0 heterocycles. The van der Waals surface area contributed by atoms with Crippen LogP contribution in [0.4, 0.5) is 5.69 Å². The molecular formula is C31H25ClN3O4P. The van der Waals surface area contributed by atoms with Crippen molar-refractivity contribution in [2.75, 3.05) is 14.2 Å². The highest BCUT2D eigenvalue weighted by Crippen LogP contribution is 2.47. The number of esters is 2. The summed E-state index contributed by atoms with van der Waals surface area (Å²) in [5, 5.41) is 16.5. The molecule has 200 valence electrons. The third-order valence-corrected chi connectivity index (χ3v) is 10.7.